The number of hydrogen-bond donors (Lipinski definition) is 9. The largest absolute Gasteiger partial charge is 0.496 e. The van der Waals surface area contributed by atoms with E-state index in [9.17, 15) is 50.8 Å². The number of ether oxygens (including phenoxy) is 7. The lowest BCUT2D eigenvalue weighted by molar-refractivity contribution is -0.365. The van der Waals surface area contributed by atoms with E-state index in [0.29, 0.717) is 31.4 Å². The molecule has 336 valence electrons. The minimum Gasteiger partial charge on any atom is -0.496 e. The van der Waals surface area contributed by atoms with Crippen LogP contribution in [0.1, 0.15) is 77.6 Å². The van der Waals surface area contributed by atoms with Gasteiger partial charge in [-0.15, -0.1) is 6.58 Å². The molecule has 0 spiro atoms. The zero-order valence-corrected chi connectivity index (χ0v) is 33.8. The maximum Gasteiger partial charge on any atom is 0.330 e. The number of rotatable bonds is 14. The van der Waals surface area contributed by atoms with Crippen LogP contribution in [0.5, 0.6) is 0 Å². The zero-order valence-electron chi connectivity index (χ0n) is 33.8. The van der Waals surface area contributed by atoms with Gasteiger partial charge in [0.25, 0.3) is 0 Å². The maximum atomic E-state index is 12.6. The second-order valence-corrected chi connectivity index (χ2v) is 17.7. The lowest BCUT2D eigenvalue weighted by Gasteiger charge is -2.50. The Kier molecular flexibility index (Phi) is 16.4. The van der Waals surface area contributed by atoms with Crippen LogP contribution in [-0.4, -0.2) is 174 Å². The molecule has 3 heterocycles. The predicted octanol–water partition coefficient (Wildman–Crippen LogP) is -0.634. The van der Waals surface area contributed by atoms with Crippen LogP contribution in [0.4, 0.5) is 0 Å². The van der Waals surface area contributed by atoms with Crippen LogP contribution >= 0.6 is 0 Å². The highest BCUT2D eigenvalue weighted by Crippen LogP contribution is 2.44. The Morgan fingerprint density at radius 3 is 2.14 bits per heavy atom. The van der Waals surface area contributed by atoms with Crippen molar-refractivity contribution in [1.29, 1.82) is 0 Å². The van der Waals surface area contributed by atoms with Gasteiger partial charge in [0.1, 0.15) is 49.8 Å². The van der Waals surface area contributed by atoms with E-state index in [4.69, 9.17) is 33.2 Å². The Bertz CT molecular complexity index is 1390. The molecule has 6 rings (SSSR count). The van der Waals surface area contributed by atoms with E-state index in [2.05, 4.69) is 13.2 Å². The molecule has 10 unspecified atom stereocenters. The number of aliphatic hydroxyl groups excluding tert-OH is 9. The molecule has 17 nitrogen and oxygen atoms in total. The number of carbonyl (C=O) groups is 1. The fourth-order valence-corrected chi connectivity index (χ4v) is 9.78. The Hall–Kier alpha value is -2.07. The summed E-state index contributed by atoms with van der Waals surface area (Å²) in [5, 5.41) is 97.0. The minimum absolute atomic E-state index is 0.0519. The molecule has 3 saturated carbocycles. The first-order valence-corrected chi connectivity index (χ1v) is 21.3. The Morgan fingerprint density at radius 1 is 0.729 bits per heavy atom. The average Bonchev–Trinajstić information content (AvgIpc) is 3.20. The molecule has 0 amide bonds. The molecule has 6 aliphatic rings. The molecule has 17 heteroatoms. The maximum absolute atomic E-state index is 12.6. The SMILES string of the molecule is C=CCC(=C)OC[C@@H]1C[C@H](O)[C@@H](O)[C@@H](OC2CC(O)CC3[OH+]C(C4CC(C)C(O)C(O)C4)C(O[C@H]4O[C@H](COC(=O)C=CC5CCC(O)CC5)[C@@H](O)[C@H](O)[C@H]4O)CC23)O1. The number of fused-ring (bicyclic) bond motifs is 1. The fraction of sp³-hybridized carbons (Fsp3) is 0.833. The van der Waals surface area contributed by atoms with E-state index in [0.717, 1.165) is 12.8 Å². The average molecular weight is 844 g/mol. The molecule has 0 bridgehead atoms. The van der Waals surface area contributed by atoms with Crippen molar-refractivity contribution in [2.45, 2.75) is 182 Å². The minimum atomic E-state index is -1.73. The van der Waals surface area contributed by atoms with Crippen LogP contribution in [0, 0.1) is 23.7 Å². The molecule has 0 aromatic rings. The van der Waals surface area contributed by atoms with Gasteiger partial charge in [0, 0.05) is 37.7 Å². The molecule has 6 fully saturated rings. The van der Waals surface area contributed by atoms with Gasteiger partial charge in [-0.25, -0.2) is 4.79 Å². The summed E-state index contributed by atoms with van der Waals surface area (Å²) in [6.45, 7) is 8.94. The summed E-state index contributed by atoms with van der Waals surface area (Å²) in [6.07, 6.45) is -8.87. The highest BCUT2D eigenvalue weighted by atomic mass is 16.7. The first-order chi connectivity index (χ1) is 28.1. The summed E-state index contributed by atoms with van der Waals surface area (Å²) >= 11 is 0. The molecule has 59 heavy (non-hydrogen) atoms. The molecular weight excluding hydrogens is 776 g/mol. The third kappa shape index (κ3) is 11.7. The monoisotopic (exact) mass is 843 g/mol. The Morgan fingerprint density at radius 2 is 1.42 bits per heavy atom. The normalized spacial score (nSPS) is 46.9. The quantitative estimate of drug-likeness (QED) is 0.0346. The van der Waals surface area contributed by atoms with Gasteiger partial charge in [-0.2, -0.15) is 0 Å². The molecule has 3 aliphatic carbocycles. The van der Waals surface area contributed by atoms with Gasteiger partial charge in [-0.1, -0.05) is 25.7 Å². The number of carbonyl (C=O) groups excluding carboxylic acids is 1. The molecule has 0 radical (unpaired) electrons. The smallest absolute Gasteiger partial charge is 0.330 e. The van der Waals surface area contributed by atoms with E-state index in [1.807, 2.05) is 6.92 Å². The molecule has 0 aromatic heterocycles. The first kappa shape index (κ1) is 46.4. The molecule has 0 aromatic carbocycles. The van der Waals surface area contributed by atoms with E-state index in [-0.39, 0.29) is 62.6 Å². The van der Waals surface area contributed by atoms with Crippen molar-refractivity contribution < 1.29 is 83.9 Å². The number of esters is 1. The third-order valence-electron chi connectivity index (χ3n) is 13.2. The summed E-state index contributed by atoms with van der Waals surface area (Å²) in [4.78, 5) is 12.6. The van der Waals surface area contributed by atoms with Gasteiger partial charge in [0.2, 0.25) is 0 Å². The highest BCUT2D eigenvalue weighted by Gasteiger charge is 2.56. The third-order valence-corrected chi connectivity index (χ3v) is 13.2. The van der Waals surface area contributed by atoms with Gasteiger partial charge >= 0.3 is 5.97 Å². The first-order valence-electron chi connectivity index (χ1n) is 21.3. The lowest BCUT2D eigenvalue weighted by Crippen LogP contribution is -2.64. The van der Waals surface area contributed by atoms with Gasteiger partial charge in [-0.3, -0.25) is 0 Å². The molecule has 10 N–H and O–H groups in total. The van der Waals surface area contributed by atoms with Crippen LogP contribution in [0.3, 0.4) is 0 Å². The van der Waals surface area contributed by atoms with Gasteiger partial charge in [0.15, 0.2) is 24.8 Å². The summed E-state index contributed by atoms with van der Waals surface area (Å²) in [7, 11) is 0. The van der Waals surface area contributed by atoms with Crippen molar-refractivity contribution in [3.05, 3.63) is 37.1 Å². The van der Waals surface area contributed by atoms with Crippen LogP contribution < -0.4 is 0 Å². The fourth-order valence-electron chi connectivity index (χ4n) is 9.78. The van der Waals surface area contributed by atoms with E-state index in [1.165, 1.54) is 6.08 Å². The predicted molar refractivity (Wildman–Crippen MR) is 207 cm³/mol. The van der Waals surface area contributed by atoms with Crippen LogP contribution in [0.25, 0.3) is 0 Å². The standard InChI is InChI=1S/C42H66O17/c1-4-5-21(3)53-18-26-16-29(46)36(49)41(55-26)57-31-15-25(44)14-30-27(31)17-32(40(56-30)23-12-20(2)35(48)28(45)13-23)58-42-39(52)38(51)37(50)33(59-42)19-54-34(47)11-8-22-6-9-24(43)10-7-22/h4,8,11,20,22-33,35-46,48-52H,1,3,5-7,9-10,12-19H2,2H3/p+1/t20?,22?,23?,24?,25?,26-,27?,28?,29-,30?,31?,32?,33+,35?,36+,37+,38-,39+,40?,41+,42-/m0/s1. The lowest BCUT2D eigenvalue weighted by atomic mass is 9.70. The summed E-state index contributed by atoms with van der Waals surface area (Å²) in [6, 6.07) is 0. The second kappa shape index (κ2) is 20.9. The molecule has 19 atom stereocenters. The van der Waals surface area contributed by atoms with E-state index in [1.54, 1.807) is 12.2 Å². The van der Waals surface area contributed by atoms with Crippen LogP contribution in [0.15, 0.2) is 37.1 Å². The van der Waals surface area contributed by atoms with Crippen LogP contribution in [0.2, 0.25) is 0 Å². The molecular formula is C42H67O17+. The van der Waals surface area contributed by atoms with Gasteiger partial charge in [0.05, 0.1) is 54.4 Å². The Balaban J connectivity index is 1.17. The highest BCUT2D eigenvalue weighted by molar-refractivity contribution is 5.81. The Labute approximate surface area is 345 Å². The summed E-state index contributed by atoms with van der Waals surface area (Å²) in [5.74, 6) is -1.10. The summed E-state index contributed by atoms with van der Waals surface area (Å²) in [5.41, 5.74) is 0. The molecule has 3 saturated heterocycles. The van der Waals surface area contributed by atoms with E-state index < -0.39 is 117 Å². The van der Waals surface area contributed by atoms with Crippen LogP contribution in [-0.2, 0) is 33.2 Å². The van der Waals surface area contributed by atoms with Crippen molar-refractivity contribution in [2.24, 2.45) is 23.7 Å². The van der Waals surface area contributed by atoms with Crippen molar-refractivity contribution >= 4 is 5.97 Å². The summed E-state index contributed by atoms with van der Waals surface area (Å²) < 4.78 is 41.2. The van der Waals surface area contributed by atoms with Gasteiger partial charge in [-0.05, 0) is 56.8 Å². The second-order valence-electron chi connectivity index (χ2n) is 17.7. The number of allylic oxidation sites excluding steroid dienone is 2. The van der Waals surface area contributed by atoms with Crippen molar-refractivity contribution in [2.75, 3.05) is 13.2 Å². The number of aliphatic hydroxyl groups is 11. The van der Waals surface area contributed by atoms with Crippen molar-refractivity contribution in [3.8, 4) is 0 Å². The van der Waals surface area contributed by atoms with Gasteiger partial charge < -0.3 is 79.1 Å². The zero-order chi connectivity index (χ0) is 42.5. The van der Waals surface area contributed by atoms with Crippen molar-refractivity contribution in [3.63, 3.8) is 0 Å². The number of hydrogen-bond acceptors (Lipinski definition) is 16. The van der Waals surface area contributed by atoms with E-state index >= 15 is 0 Å². The molecule has 3 aliphatic heterocycles. The van der Waals surface area contributed by atoms with Crippen molar-refractivity contribution in [1.82, 2.24) is 0 Å². The topological polar surface area (TPSA) is 267 Å².